The van der Waals surface area contributed by atoms with E-state index >= 15 is 0 Å². The molecule has 20 heavy (non-hydrogen) atoms. The van der Waals surface area contributed by atoms with Crippen molar-refractivity contribution in [2.24, 2.45) is 0 Å². The number of benzene rings is 1. The Kier molecular flexibility index (Phi) is 5.75. The number of nitrogens with zero attached hydrogens (tertiary/aromatic N) is 2. The van der Waals surface area contributed by atoms with Gasteiger partial charge in [-0.25, -0.2) is 0 Å². The van der Waals surface area contributed by atoms with Crippen molar-refractivity contribution in [1.82, 2.24) is 10.2 Å². The second-order valence-electron chi connectivity index (χ2n) is 3.74. The van der Waals surface area contributed by atoms with Gasteiger partial charge in [-0.2, -0.15) is 11.8 Å². The van der Waals surface area contributed by atoms with Crippen molar-refractivity contribution in [2.45, 2.75) is 11.0 Å². The van der Waals surface area contributed by atoms with E-state index in [4.69, 9.17) is 16.0 Å². The van der Waals surface area contributed by atoms with Gasteiger partial charge in [-0.3, -0.25) is 4.79 Å². The van der Waals surface area contributed by atoms with Crippen molar-refractivity contribution in [1.29, 1.82) is 0 Å². The third-order valence-corrected chi connectivity index (χ3v) is 3.74. The molecule has 0 unspecified atom stereocenters. The van der Waals surface area contributed by atoms with Crippen molar-refractivity contribution in [3.63, 3.8) is 0 Å². The molecule has 0 aliphatic carbocycles. The number of halogens is 1. The standard InChI is InChI=1S/C12H12ClN3O2S2/c1-19-7-11-15-16-12(18-11)20-6-10(17)14-9-4-2-3-8(13)5-9/h2-5H,6-7H2,1H3,(H,14,17). The van der Waals surface area contributed by atoms with E-state index in [2.05, 4.69) is 15.5 Å². The summed E-state index contributed by atoms with van der Waals surface area (Å²) in [4.78, 5) is 11.8. The maximum absolute atomic E-state index is 11.8. The summed E-state index contributed by atoms with van der Waals surface area (Å²) < 4.78 is 5.36. The average molecular weight is 330 g/mol. The van der Waals surface area contributed by atoms with Crippen molar-refractivity contribution in [3.05, 3.63) is 35.2 Å². The van der Waals surface area contributed by atoms with Crippen LogP contribution in [0.5, 0.6) is 0 Å². The van der Waals surface area contributed by atoms with E-state index in [1.54, 1.807) is 36.0 Å². The van der Waals surface area contributed by atoms with E-state index in [-0.39, 0.29) is 11.7 Å². The van der Waals surface area contributed by atoms with E-state index < -0.39 is 0 Å². The van der Waals surface area contributed by atoms with Gasteiger partial charge >= 0.3 is 0 Å². The van der Waals surface area contributed by atoms with Gasteiger partial charge in [0.1, 0.15) is 0 Å². The number of anilines is 1. The fraction of sp³-hybridized carbons (Fsp3) is 0.250. The normalized spacial score (nSPS) is 10.5. The zero-order valence-electron chi connectivity index (χ0n) is 10.6. The summed E-state index contributed by atoms with van der Waals surface area (Å²) >= 11 is 8.64. The highest BCUT2D eigenvalue weighted by molar-refractivity contribution is 7.99. The van der Waals surface area contributed by atoms with Gasteiger partial charge in [0.25, 0.3) is 5.22 Å². The maximum atomic E-state index is 11.8. The van der Waals surface area contributed by atoms with E-state index in [1.807, 2.05) is 6.26 Å². The summed E-state index contributed by atoms with van der Waals surface area (Å²) in [6, 6.07) is 6.99. The second kappa shape index (κ2) is 7.56. The number of hydrogen-bond acceptors (Lipinski definition) is 6. The van der Waals surface area contributed by atoms with Crippen molar-refractivity contribution in [2.75, 3.05) is 17.3 Å². The highest BCUT2D eigenvalue weighted by Crippen LogP contribution is 2.19. The molecule has 5 nitrogen and oxygen atoms in total. The third-order valence-electron chi connectivity index (χ3n) is 2.15. The lowest BCUT2D eigenvalue weighted by Crippen LogP contribution is -2.13. The first-order chi connectivity index (χ1) is 9.67. The molecule has 0 fully saturated rings. The van der Waals surface area contributed by atoms with Crippen LogP contribution in [0.15, 0.2) is 33.9 Å². The number of carbonyl (C=O) groups is 1. The van der Waals surface area contributed by atoms with Crippen LogP contribution in [0.25, 0.3) is 0 Å². The van der Waals surface area contributed by atoms with Gasteiger partial charge in [0.2, 0.25) is 11.8 Å². The molecule has 1 heterocycles. The molecule has 0 bridgehead atoms. The molecular weight excluding hydrogens is 318 g/mol. The maximum Gasteiger partial charge on any atom is 0.277 e. The van der Waals surface area contributed by atoms with E-state index in [9.17, 15) is 4.79 Å². The van der Waals surface area contributed by atoms with Crippen LogP contribution in [0.2, 0.25) is 5.02 Å². The molecule has 0 radical (unpaired) electrons. The Morgan fingerprint density at radius 2 is 2.30 bits per heavy atom. The summed E-state index contributed by atoms with van der Waals surface area (Å²) in [6.45, 7) is 0. The molecule has 0 aliphatic rings. The topological polar surface area (TPSA) is 68.0 Å². The Balaban J connectivity index is 1.82. The van der Waals surface area contributed by atoms with Crippen LogP contribution < -0.4 is 5.32 Å². The Bertz CT molecular complexity index is 592. The second-order valence-corrected chi connectivity index (χ2v) is 5.97. The smallest absolute Gasteiger partial charge is 0.277 e. The minimum Gasteiger partial charge on any atom is -0.415 e. The summed E-state index contributed by atoms with van der Waals surface area (Å²) in [6.07, 6.45) is 1.95. The van der Waals surface area contributed by atoms with Gasteiger partial charge < -0.3 is 9.73 Å². The lowest BCUT2D eigenvalue weighted by Gasteiger charge is -2.03. The first kappa shape index (κ1) is 15.2. The molecule has 1 aromatic heterocycles. The molecular formula is C12H12ClN3O2S2. The minimum atomic E-state index is -0.151. The molecule has 2 rings (SSSR count). The third kappa shape index (κ3) is 4.73. The number of amides is 1. The predicted molar refractivity (Wildman–Crippen MR) is 82.3 cm³/mol. The lowest BCUT2D eigenvalue weighted by molar-refractivity contribution is -0.113. The fourth-order valence-electron chi connectivity index (χ4n) is 1.37. The van der Waals surface area contributed by atoms with Crippen LogP contribution in [0.1, 0.15) is 5.89 Å². The molecule has 0 saturated carbocycles. The van der Waals surface area contributed by atoms with E-state index in [1.165, 1.54) is 11.8 Å². The van der Waals surface area contributed by atoms with Gasteiger partial charge in [0.05, 0.1) is 11.5 Å². The van der Waals surface area contributed by atoms with E-state index in [0.717, 1.165) is 0 Å². The number of nitrogens with one attached hydrogen (secondary N) is 1. The molecule has 106 valence electrons. The summed E-state index contributed by atoms with van der Waals surface area (Å²) in [7, 11) is 0. The SMILES string of the molecule is CSCc1nnc(SCC(=O)Nc2cccc(Cl)c2)o1. The Morgan fingerprint density at radius 3 is 3.05 bits per heavy atom. The zero-order chi connectivity index (χ0) is 14.4. The fourth-order valence-corrected chi connectivity index (χ4v) is 2.50. The molecule has 8 heteroatoms. The summed E-state index contributed by atoms with van der Waals surface area (Å²) in [5.41, 5.74) is 0.664. The molecule has 1 N–H and O–H groups in total. The molecule has 0 spiro atoms. The molecule has 0 saturated heterocycles. The molecule has 0 atom stereocenters. The number of carbonyl (C=O) groups excluding carboxylic acids is 1. The van der Waals surface area contributed by atoms with E-state index in [0.29, 0.717) is 27.6 Å². The highest BCUT2D eigenvalue weighted by atomic mass is 35.5. The van der Waals surface area contributed by atoms with Crippen LogP contribution >= 0.6 is 35.1 Å². The van der Waals surface area contributed by atoms with Crippen LogP contribution in [-0.4, -0.2) is 28.1 Å². The van der Waals surface area contributed by atoms with Crippen LogP contribution in [-0.2, 0) is 10.5 Å². The molecule has 1 aromatic carbocycles. The number of thioether (sulfide) groups is 2. The van der Waals surface area contributed by atoms with Gasteiger partial charge in [0, 0.05) is 10.7 Å². The molecule has 0 aliphatic heterocycles. The van der Waals surface area contributed by atoms with Gasteiger partial charge in [-0.05, 0) is 24.5 Å². The highest BCUT2D eigenvalue weighted by Gasteiger charge is 2.09. The summed E-state index contributed by atoms with van der Waals surface area (Å²) in [5.74, 6) is 1.28. The Labute approximate surface area is 129 Å². The quantitative estimate of drug-likeness (QED) is 0.820. The van der Waals surface area contributed by atoms with Crippen LogP contribution in [0.3, 0.4) is 0 Å². The number of rotatable bonds is 6. The summed E-state index contributed by atoms with van der Waals surface area (Å²) in [5, 5.41) is 11.5. The lowest BCUT2D eigenvalue weighted by atomic mass is 10.3. The average Bonchev–Trinajstić information content (AvgIpc) is 2.85. The Hall–Kier alpha value is -1.18. The van der Waals surface area contributed by atoms with Crippen LogP contribution in [0, 0.1) is 0 Å². The Morgan fingerprint density at radius 1 is 1.45 bits per heavy atom. The van der Waals surface area contributed by atoms with Gasteiger partial charge in [-0.1, -0.05) is 29.4 Å². The molecule has 1 amide bonds. The first-order valence-corrected chi connectivity index (χ1v) is 8.42. The molecule has 2 aromatic rings. The van der Waals surface area contributed by atoms with Gasteiger partial charge in [0.15, 0.2) is 0 Å². The van der Waals surface area contributed by atoms with Crippen molar-refractivity contribution in [3.8, 4) is 0 Å². The minimum absolute atomic E-state index is 0.151. The van der Waals surface area contributed by atoms with Crippen LogP contribution in [0.4, 0.5) is 5.69 Å². The van der Waals surface area contributed by atoms with Crippen molar-refractivity contribution < 1.29 is 9.21 Å². The van der Waals surface area contributed by atoms with Crippen molar-refractivity contribution >= 4 is 46.7 Å². The first-order valence-electron chi connectivity index (χ1n) is 5.67. The number of hydrogen-bond donors (Lipinski definition) is 1. The predicted octanol–water partition coefficient (Wildman–Crippen LogP) is 3.32. The van der Waals surface area contributed by atoms with Gasteiger partial charge in [-0.15, -0.1) is 10.2 Å². The monoisotopic (exact) mass is 329 g/mol. The largest absolute Gasteiger partial charge is 0.415 e. The number of aromatic nitrogens is 2. The zero-order valence-corrected chi connectivity index (χ0v) is 13.0.